The summed E-state index contributed by atoms with van der Waals surface area (Å²) in [5.41, 5.74) is 2.79. The maximum atomic E-state index is 13.9. The molecule has 4 rings (SSSR count). The van der Waals surface area contributed by atoms with E-state index in [9.17, 15) is 9.18 Å². The monoisotopic (exact) mass is 338 g/mol. The fourth-order valence-electron chi connectivity index (χ4n) is 3.36. The topological polar surface area (TPSA) is 52.2 Å². The predicted octanol–water partition coefficient (Wildman–Crippen LogP) is 2.97. The van der Waals surface area contributed by atoms with E-state index in [0.29, 0.717) is 42.9 Å². The van der Waals surface area contributed by atoms with Gasteiger partial charge in [-0.25, -0.2) is 9.37 Å². The standard InChI is InChI=1S/C19H19FN4O/c1-13-21-16-7-4-5-14(18(16)22-13)19(25)24-11-9-23(10-12-24)17-8-3-2-6-15(17)20/h2-8H,9-12H2,1H3,(H,21,22). The molecule has 0 bridgehead atoms. The molecule has 0 aliphatic carbocycles. The Hall–Kier alpha value is -2.89. The van der Waals surface area contributed by atoms with Crippen LogP contribution in [-0.4, -0.2) is 47.0 Å². The minimum Gasteiger partial charge on any atom is -0.366 e. The number of para-hydroxylation sites is 2. The largest absolute Gasteiger partial charge is 0.366 e. The average molecular weight is 338 g/mol. The number of halogens is 1. The summed E-state index contributed by atoms with van der Waals surface area (Å²) in [7, 11) is 0. The summed E-state index contributed by atoms with van der Waals surface area (Å²) in [5.74, 6) is 0.545. The van der Waals surface area contributed by atoms with Crippen molar-refractivity contribution >= 4 is 22.6 Å². The van der Waals surface area contributed by atoms with E-state index in [1.165, 1.54) is 6.07 Å². The van der Waals surface area contributed by atoms with Crippen molar-refractivity contribution in [3.63, 3.8) is 0 Å². The Kier molecular flexibility index (Phi) is 3.87. The Balaban J connectivity index is 1.52. The fourth-order valence-corrected chi connectivity index (χ4v) is 3.36. The number of imidazole rings is 1. The van der Waals surface area contributed by atoms with Gasteiger partial charge in [0.05, 0.1) is 16.8 Å². The second-order valence-electron chi connectivity index (χ2n) is 6.25. The van der Waals surface area contributed by atoms with Gasteiger partial charge in [0.1, 0.15) is 17.2 Å². The number of H-pyrrole nitrogens is 1. The van der Waals surface area contributed by atoms with Crippen LogP contribution in [0.5, 0.6) is 0 Å². The molecule has 2 aromatic carbocycles. The number of carbonyl (C=O) groups is 1. The number of aryl methyl sites for hydroxylation is 1. The Labute approximate surface area is 145 Å². The number of aromatic amines is 1. The number of hydrogen-bond donors (Lipinski definition) is 1. The zero-order chi connectivity index (χ0) is 17.4. The zero-order valence-electron chi connectivity index (χ0n) is 14.0. The van der Waals surface area contributed by atoms with Crippen molar-refractivity contribution in [2.45, 2.75) is 6.92 Å². The molecular weight excluding hydrogens is 319 g/mol. The van der Waals surface area contributed by atoms with Gasteiger partial charge in [-0.2, -0.15) is 0 Å². The highest BCUT2D eigenvalue weighted by Crippen LogP contribution is 2.22. The molecule has 3 aromatic rings. The molecule has 1 aromatic heterocycles. The van der Waals surface area contributed by atoms with Gasteiger partial charge in [-0.1, -0.05) is 18.2 Å². The van der Waals surface area contributed by atoms with Crippen LogP contribution in [0.4, 0.5) is 10.1 Å². The molecule has 1 aliphatic rings. The summed E-state index contributed by atoms with van der Waals surface area (Å²) in [5, 5.41) is 0. The Morgan fingerprint density at radius 2 is 1.84 bits per heavy atom. The summed E-state index contributed by atoms with van der Waals surface area (Å²) in [6.45, 7) is 4.23. The Bertz CT molecular complexity index is 928. The molecule has 1 amide bonds. The van der Waals surface area contributed by atoms with Gasteiger partial charge in [-0.3, -0.25) is 4.79 Å². The zero-order valence-corrected chi connectivity index (χ0v) is 14.0. The first-order valence-electron chi connectivity index (χ1n) is 8.37. The number of benzene rings is 2. The molecule has 0 unspecified atom stereocenters. The highest BCUT2D eigenvalue weighted by atomic mass is 19.1. The van der Waals surface area contributed by atoms with E-state index in [2.05, 4.69) is 9.97 Å². The first kappa shape index (κ1) is 15.6. The van der Waals surface area contributed by atoms with Crippen LogP contribution in [0.25, 0.3) is 11.0 Å². The summed E-state index contributed by atoms with van der Waals surface area (Å²) in [6.07, 6.45) is 0. The smallest absolute Gasteiger partial charge is 0.256 e. The molecule has 0 spiro atoms. The summed E-state index contributed by atoms with van der Waals surface area (Å²) in [4.78, 5) is 24.3. The van der Waals surface area contributed by atoms with Crippen LogP contribution in [0.3, 0.4) is 0 Å². The van der Waals surface area contributed by atoms with E-state index < -0.39 is 0 Å². The third kappa shape index (κ3) is 2.84. The van der Waals surface area contributed by atoms with Crippen molar-refractivity contribution in [1.29, 1.82) is 0 Å². The van der Waals surface area contributed by atoms with Gasteiger partial charge in [0.25, 0.3) is 5.91 Å². The molecule has 0 saturated carbocycles. The summed E-state index contributed by atoms with van der Waals surface area (Å²) < 4.78 is 13.9. The Morgan fingerprint density at radius 1 is 1.08 bits per heavy atom. The van der Waals surface area contributed by atoms with E-state index >= 15 is 0 Å². The van der Waals surface area contributed by atoms with Crippen molar-refractivity contribution in [3.05, 3.63) is 59.7 Å². The molecule has 1 saturated heterocycles. The third-order valence-electron chi connectivity index (χ3n) is 4.62. The van der Waals surface area contributed by atoms with Gasteiger partial charge >= 0.3 is 0 Å². The highest BCUT2D eigenvalue weighted by Gasteiger charge is 2.25. The highest BCUT2D eigenvalue weighted by molar-refractivity contribution is 6.05. The van der Waals surface area contributed by atoms with Gasteiger partial charge in [-0.05, 0) is 31.2 Å². The van der Waals surface area contributed by atoms with E-state index in [0.717, 1.165) is 11.3 Å². The molecule has 0 radical (unpaired) electrons. The molecule has 5 nitrogen and oxygen atoms in total. The van der Waals surface area contributed by atoms with Gasteiger partial charge < -0.3 is 14.8 Å². The molecule has 2 heterocycles. The molecule has 1 N–H and O–H groups in total. The fraction of sp³-hybridized carbons (Fsp3) is 0.263. The van der Waals surface area contributed by atoms with Crippen molar-refractivity contribution in [3.8, 4) is 0 Å². The molecule has 1 fully saturated rings. The van der Waals surface area contributed by atoms with Gasteiger partial charge in [0.15, 0.2) is 0 Å². The minimum absolute atomic E-state index is 0.0229. The number of hydrogen-bond acceptors (Lipinski definition) is 3. The van der Waals surface area contributed by atoms with Gasteiger partial charge in [0, 0.05) is 26.2 Å². The predicted molar refractivity (Wildman–Crippen MR) is 95.3 cm³/mol. The first-order valence-corrected chi connectivity index (χ1v) is 8.37. The van der Waals surface area contributed by atoms with E-state index in [4.69, 9.17) is 0 Å². The summed E-state index contributed by atoms with van der Waals surface area (Å²) in [6, 6.07) is 12.4. The van der Waals surface area contributed by atoms with E-state index in [1.54, 1.807) is 12.1 Å². The lowest BCUT2D eigenvalue weighted by atomic mass is 10.1. The number of anilines is 1. The van der Waals surface area contributed by atoms with E-state index in [-0.39, 0.29) is 11.7 Å². The van der Waals surface area contributed by atoms with Crippen LogP contribution in [0.1, 0.15) is 16.2 Å². The third-order valence-corrected chi connectivity index (χ3v) is 4.62. The minimum atomic E-state index is -0.223. The van der Waals surface area contributed by atoms with Crippen molar-refractivity contribution in [2.75, 3.05) is 31.1 Å². The number of carbonyl (C=O) groups excluding carboxylic acids is 1. The number of rotatable bonds is 2. The number of nitrogens with zero attached hydrogens (tertiary/aromatic N) is 3. The lowest BCUT2D eigenvalue weighted by Crippen LogP contribution is -2.49. The number of amides is 1. The van der Waals surface area contributed by atoms with E-state index in [1.807, 2.05) is 41.0 Å². The van der Waals surface area contributed by atoms with Crippen LogP contribution in [0.15, 0.2) is 42.5 Å². The molecule has 0 atom stereocenters. The van der Waals surface area contributed by atoms with Crippen molar-refractivity contribution in [1.82, 2.24) is 14.9 Å². The van der Waals surface area contributed by atoms with Crippen LogP contribution in [-0.2, 0) is 0 Å². The van der Waals surface area contributed by atoms with Crippen LogP contribution in [0.2, 0.25) is 0 Å². The van der Waals surface area contributed by atoms with Crippen molar-refractivity contribution < 1.29 is 9.18 Å². The first-order chi connectivity index (χ1) is 12.1. The average Bonchev–Trinajstić information content (AvgIpc) is 3.02. The number of nitrogens with one attached hydrogen (secondary N) is 1. The van der Waals surface area contributed by atoms with Gasteiger partial charge in [0.2, 0.25) is 0 Å². The maximum absolute atomic E-state index is 13.9. The van der Waals surface area contributed by atoms with Crippen LogP contribution in [0, 0.1) is 12.7 Å². The molecular formula is C19H19FN4O. The second-order valence-corrected chi connectivity index (χ2v) is 6.25. The number of fused-ring (bicyclic) bond motifs is 1. The normalized spacial score (nSPS) is 15.0. The number of piperazine rings is 1. The number of aromatic nitrogens is 2. The lowest BCUT2D eigenvalue weighted by molar-refractivity contribution is 0.0748. The van der Waals surface area contributed by atoms with Crippen LogP contribution >= 0.6 is 0 Å². The summed E-state index contributed by atoms with van der Waals surface area (Å²) >= 11 is 0. The quantitative estimate of drug-likeness (QED) is 0.781. The molecule has 128 valence electrons. The van der Waals surface area contributed by atoms with Gasteiger partial charge in [-0.15, -0.1) is 0 Å². The molecule has 1 aliphatic heterocycles. The van der Waals surface area contributed by atoms with Crippen molar-refractivity contribution in [2.24, 2.45) is 0 Å². The molecule has 6 heteroatoms. The second kappa shape index (κ2) is 6.20. The molecule has 25 heavy (non-hydrogen) atoms. The van der Waals surface area contributed by atoms with Crippen LogP contribution < -0.4 is 4.90 Å². The maximum Gasteiger partial charge on any atom is 0.256 e. The Morgan fingerprint density at radius 3 is 2.60 bits per heavy atom. The lowest BCUT2D eigenvalue weighted by Gasteiger charge is -2.36. The SMILES string of the molecule is Cc1nc2c(C(=O)N3CCN(c4ccccc4F)CC3)cccc2[nH]1.